The molecule has 3 aromatic rings. The van der Waals surface area contributed by atoms with Crippen molar-refractivity contribution in [2.75, 3.05) is 24.4 Å². The van der Waals surface area contributed by atoms with Gasteiger partial charge in [0.25, 0.3) is 5.91 Å². The molecule has 0 fully saturated rings. The Morgan fingerprint density at radius 2 is 1.65 bits per heavy atom. The quantitative estimate of drug-likeness (QED) is 0.216. The van der Waals surface area contributed by atoms with E-state index in [-0.39, 0.29) is 6.61 Å². The highest BCUT2D eigenvalue weighted by atomic mass is 35.5. The fourth-order valence-corrected chi connectivity index (χ4v) is 3.66. The molecule has 0 saturated heterocycles. The Morgan fingerprint density at radius 1 is 0.919 bits per heavy atom. The summed E-state index contributed by atoms with van der Waals surface area (Å²) in [5.41, 5.74) is 5.40. The minimum absolute atomic E-state index is 0.297. The number of aryl methyl sites for hydroxylation is 2. The molecule has 0 aliphatic heterocycles. The van der Waals surface area contributed by atoms with Crippen LogP contribution in [0.2, 0.25) is 10.0 Å². The standard InChI is InChI=1S/C26H24Cl2N4O5/c1-15-5-4-6-16(2)24(15)31-25(34)26(35)32-29-13-17-7-10-21(22(11-17)36-3)37-14-23(33)30-20-9-8-18(27)12-19(20)28/h4-13H,14H2,1-3H3,(H,30,33)(H,31,34)(H,32,35)/b29-13-. The van der Waals surface area contributed by atoms with Crippen LogP contribution in [0.15, 0.2) is 59.7 Å². The van der Waals surface area contributed by atoms with Crippen molar-refractivity contribution in [2.24, 2.45) is 5.10 Å². The van der Waals surface area contributed by atoms with Crippen LogP contribution >= 0.6 is 23.2 Å². The molecule has 0 atom stereocenters. The molecule has 0 unspecified atom stereocenters. The van der Waals surface area contributed by atoms with Gasteiger partial charge in [0.15, 0.2) is 18.1 Å². The fraction of sp³-hybridized carbons (Fsp3) is 0.154. The zero-order valence-corrected chi connectivity index (χ0v) is 21.7. The molecular formula is C26H24Cl2N4O5. The number of anilines is 2. The summed E-state index contributed by atoms with van der Waals surface area (Å²) in [7, 11) is 1.44. The number of carbonyl (C=O) groups excluding carboxylic acids is 3. The summed E-state index contributed by atoms with van der Waals surface area (Å²) in [5.74, 6) is -1.54. The molecule has 0 bridgehead atoms. The number of carbonyl (C=O) groups is 3. The summed E-state index contributed by atoms with van der Waals surface area (Å²) in [4.78, 5) is 36.6. The minimum Gasteiger partial charge on any atom is -0.493 e. The lowest BCUT2D eigenvalue weighted by Crippen LogP contribution is -2.32. The van der Waals surface area contributed by atoms with E-state index >= 15 is 0 Å². The molecule has 0 saturated carbocycles. The number of benzene rings is 3. The van der Waals surface area contributed by atoms with Gasteiger partial charge in [-0.25, -0.2) is 5.43 Å². The zero-order valence-electron chi connectivity index (χ0n) is 20.2. The maximum Gasteiger partial charge on any atom is 0.329 e. The first kappa shape index (κ1) is 27.5. The van der Waals surface area contributed by atoms with Gasteiger partial charge >= 0.3 is 11.8 Å². The van der Waals surface area contributed by atoms with Crippen molar-refractivity contribution in [3.05, 3.63) is 81.3 Å². The second kappa shape index (κ2) is 12.8. The largest absolute Gasteiger partial charge is 0.493 e. The van der Waals surface area contributed by atoms with Crippen LogP contribution in [0, 0.1) is 13.8 Å². The summed E-state index contributed by atoms with van der Waals surface area (Å²) >= 11 is 11.9. The van der Waals surface area contributed by atoms with Crippen LogP contribution in [0.4, 0.5) is 11.4 Å². The van der Waals surface area contributed by atoms with Crippen LogP contribution in [0.25, 0.3) is 0 Å². The molecule has 3 rings (SSSR count). The van der Waals surface area contributed by atoms with E-state index in [1.807, 2.05) is 32.0 Å². The molecule has 37 heavy (non-hydrogen) atoms. The van der Waals surface area contributed by atoms with Crippen molar-refractivity contribution in [1.82, 2.24) is 5.43 Å². The molecule has 0 aromatic heterocycles. The SMILES string of the molecule is COc1cc(/C=N\NC(=O)C(=O)Nc2c(C)cccc2C)ccc1OCC(=O)Nc1ccc(Cl)cc1Cl. The number of para-hydroxylation sites is 1. The molecule has 3 N–H and O–H groups in total. The van der Waals surface area contributed by atoms with Crippen LogP contribution in [0.3, 0.4) is 0 Å². The van der Waals surface area contributed by atoms with Crippen LogP contribution in [-0.2, 0) is 14.4 Å². The van der Waals surface area contributed by atoms with E-state index in [2.05, 4.69) is 21.2 Å². The van der Waals surface area contributed by atoms with E-state index in [4.69, 9.17) is 32.7 Å². The second-order valence-electron chi connectivity index (χ2n) is 7.79. The average Bonchev–Trinajstić information content (AvgIpc) is 2.86. The average molecular weight is 543 g/mol. The Hall–Kier alpha value is -4.08. The number of hydrogen-bond acceptors (Lipinski definition) is 6. The first-order valence-electron chi connectivity index (χ1n) is 10.9. The predicted octanol–water partition coefficient (Wildman–Crippen LogP) is 4.73. The van der Waals surface area contributed by atoms with Crippen LogP contribution in [0.5, 0.6) is 11.5 Å². The summed E-state index contributed by atoms with van der Waals surface area (Å²) in [6.07, 6.45) is 1.34. The number of hydrogen-bond donors (Lipinski definition) is 3. The third-order valence-corrected chi connectivity index (χ3v) is 5.61. The van der Waals surface area contributed by atoms with Gasteiger partial charge in [0.1, 0.15) is 0 Å². The van der Waals surface area contributed by atoms with Crippen molar-refractivity contribution in [1.29, 1.82) is 0 Å². The molecule has 0 aliphatic carbocycles. The Kier molecular flexibility index (Phi) is 9.48. The summed E-state index contributed by atoms with van der Waals surface area (Å²) in [6, 6.07) is 15.1. The number of amides is 3. The van der Waals surface area contributed by atoms with Gasteiger partial charge in [-0.1, -0.05) is 41.4 Å². The van der Waals surface area contributed by atoms with E-state index in [9.17, 15) is 14.4 Å². The molecule has 0 radical (unpaired) electrons. The molecular weight excluding hydrogens is 519 g/mol. The van der Waals surface area contributed by atoms with Gasteiger partial charge in [-0.15, -0.1) is 0 Å². The highest BCUT2D eigenvalue weighted by Crippen LogP contribution is 2.28. The number of nitrogens with one attached hydrogen (secondary N) is 3. The van der Waals surface area contributed by atoms with Crippen molar-refractivity contribution in [3.63, 3.8) is 0 Å². The Morgan fingerprint density at radius 3 is 2.32 bits per heavy atom. The molecule has 3 amide bonds. The minimum atomic E-state index is -0.919. The third-order valence-electron chi connectivity index (χ3n) is 5.06. The topological polar surface area (TPSA) is 118 Å². The van der Waals surface area contributed by atoms with Crippen LogP contribution in [0.1, 0.15) is 16.7 Å². The highest BCUT2D eigenvalue weighted by molar-refractivity contribution is 6.39. The lowest BCUT2D eigenvalue weighted by Gasteiger charge is -2.12. The van der Waals surface area contributed by atoms with Gasteiger partial charge < -0.3 is 20.1 Å². The number of halogens is 2. The van der Waals surface area contributed by atoms with E-state index < -0.39 is 17.7 Å². The van der Waals surface area contributed by atoms with E-state index in [1.54, 1.807) is 30.3 Å². The predicted molar refractivity (Wildman–Crippen MR) is 144 cm³/mol. The van der Waals surface area contributed by atoms with E-state index in [0.29, 0.717) is 38.5 Å². The molecule has 11 heteroatoms. The van der Waals surface area contributed by atoms with Gasteiger partial charge in [0, 0.05) is 10.7 Å². The second-order valence-corrected chi connectivity index (χ2v) is 8.64. The molecule has 0 spiro atoms. The van der Waals surface area contributed by atoms with Crippen molar-refractivity contribution in [3.8, 4) is 11.5 Å². The maximum absolute atomic E-state index is 12.2. The lowest BCUT2D eigenvalue weighted by molar-refractivity contribution is -0.136. The number of nitrogens with zero attached hydrogens (tertiary/aromatic N) is 1. The number of hydrazone groups is 1. The Bertz CT molecular complexity index is 1340. The van der Waals surface area contributed by atoms with Gasteiger partial charge in [-0.05, 0) is 66.9 Å². The zero-order chi connectivity index (χ0) is 26.9. The van der Waals surface area contributed by atoms with Gasteiger partial charge in [-0.3, -0.25) is 14.4 Å². The number of methoxy groups -OCH3 is 1. The summed E-state index contributed by atoms with van der Waals surface area (Å²) in [6.45, 7) is 3.37. The van der Waals surface area contributed by atoms with Gasteiger partial charge in [0.2, 0.25) is 0 Å². The summed E-state index contributed by atoms with van der Waals surface area (Å²) in [5, 5.41) is 9.80. The molecule has 0 heterocycles. The fourth-order valence-electron chi connectivity index (χ4n) is 3.20. The van der Waals surface area contributed by atoms with Gasteiger partial charge in [-0.2, -0.15) is 5.10 Å². The lowest BCUT2D eigenvalue weighted by atomic mass is 10.1. The highest BCUT2D eigenvalue weighted by Gasteiger charge is 2.15. The van der Waals surface area contributed by atoms with Crippen LogP contribution < -0.4 is 25.5 Å². The Labute approximate surface area is 223 Å². The molecule has 3 aromatic carbocycles. The smallest absolute Gasteiger partial charge is 0.329 e. The van der Waals surface area contributed by atoms with Crippen molar-refractivity contribution in [2.45, 2.75) is 13.8 Å². The Balaban J connectivity index is 1.55. The molecule has 192 valence electrons. The molecule has 9 nitrogen and oxygen atoms in total. The number of ether oxygens (including phenoxy) is 2. The first-order chi connectivity index (χ1) is 17.7. The normalized spacial score (nSPS) is 10.6. The van der Waals surface area contributed by atoms with Crippen LogP contribution in [-0.4, -0.2) is 37.7 Å². The van der Waals surface area contributed by atoms with E-state index in [0.717, 1.165) is 11.1 Å². The first-order valence-corrected chi connectivity index (χ1v) is 11.7. The molecule has 0 aliphatic rings. The maximum atomic E-state index is 12.2. The monoisotopic (exact) mass is 542 g/mol. The van der Waals surface area contributed by atoms with E-state index in [1.165, 1.54) is 19.4 Å². The third kappa shape index (κ3) is 7.70. The summed E-state index contributed by atoms with van der Waals surface area (Å²) < 4.78 is 10.9. The number of rotatable bonds is 8. The van der Waals surface area contributed by atoms with Gasteiger partial charge in [0.05, 0.1) is 24.0 Å². The van der Waals surface area contributed by atoms with Crippen molar-refractivity contribution < 1.29 is 23.9 Å². The van der Waals surface area contributed by atoms with Crippen molar-refractivity contribution >= 4 is 58.5 Å².